The zero-order chi connectivity index (χ0) is 14.4. The Morgan fingerprint density at radius 3 is 2.75 bits per heavy atom. The number of rotatable bonds is 8. The Labute approximate surface area is 126 Å². The Balaban J connectivity index is 2.16. The molecule has 1 N–H and O–H groups in total. The minimum atomic E-state index is 0.970. The molecule has 1 aromatic heterocycles. The lowest BCUT2D eigenvalue weighted by molar-refractivity contribution is 0.318. The number of nitrogens with zero attached hydrogens (tertiary/aromatic N) is 1. The van der Waals surface area contributed by atoms with Gasteiger partial charge in [0.25, 0.3) is 0 Å². The standard InChI is InChI=1S/C17H26N2S/c1-4-5-8-11-19(3)13-15-14-9-6-7-10-16(14)20-17(15)12-18-2/h6-7,9-10,18H,4-5,8,11-13H2,1-3H3. The highest BCUT2D eigenvalue weighted by molar-refractivity contribution is 7.19. The fraction of sp³-hybridized carbons (Fsp3) is 0.529. The van der Waals surface area contributed by atoms with E-state index in [0.717, 1.165) is 13.1 Å². The predicted octanol–water partition coefficient (Wildman–Crippen LogP) is 4.24. The highest BCUT2D eigenvalue weighted by Crippen LogP contribution is 2.32. The third-order valence-corrected chi connectivity index (χ3v) is 4.90. The number of fused-ring (bicyclic) bond motifs is 1. The maximum atomic E-state index is 3.30. The Hall–Kier alpha value is -0.900. The van der Waals surface area contributed by atoms with Gasteiger partial charge in [0.2, 0.25) is 0 Å². The van der Waals surface area contributed by atoms with Gasteiger partial charge in [0.05, 0.1) is 0 Å². The van der Waals surface area contributed by atoms with Gasteiger partial charge in [-0.2, -0.15) is 0 Å². The molecule has 2 nitrogen and oxygen atoms in total. The van der Waals surface area contributed by atoms with Crippen LogP contribution in [0.15, 0.2) is 24.3 Å². The first-order chi connectivity index (χ1) is 9.76. The summed E-state index contributed by atoms with van der Waals surface area (Å²) in [6.07, 6.45) is 3.93. The van der Waals surface area contributed by atoms with Crippen molar-refractivity contribution in [2.75, 3.05) is 20.6 Å². The van der Waals surface area contributed by atoms with Crippen LogP contribution in [0.25, 0.3) is 10.1 Å². The molecule has 0 bridgehead atoms. The van der Waals surface area contributed by atoms with E-state index < -0.39 is 0 Å². The first-order valence-electron chi connectivity index (χ1n) is 7.58. The number of benzene rings is 1. The highest BCUT2D eigenvalue weighted by atomic mass is 32.1. The summed E-state index contributed by atoms with van der Waals surface area (Å²) in [7, 11) is 4.27. The average molecular weight is 290 g/mol. The van der Waals surface area contributed by atoms with Crippen molar-refractivity contribution < 1.29 is 0 Å². The van der Waals surface area contributed by atoms with Gasteiger partial charge in [-0.3, -0.25) is 0 Å². The summed E-state index contributed by atoms with van der Waals surface area (Å²) >= 11 is 1.93. The smallest absolute Gasteiger partial charge is 0.0349 e. The van der Waals surface area contributed by atoms with Gasteiger partial charge < -0.3 is 10.2 Å². The van der Waals surface area contributed by atoms with Crippen molar-refractivity contribution in [2.24, 2.45) is 0 Å². The van der Waals surface area contributed by atoms with Crippen molar-refractivity contribution in [1.82, 2.24) is 10.2 Å². The number of hydrogen-bond donors (Lipinski definition) is 1. The number of unbranched alkanes of at least 4 members (excludes halogenated alkanes) is 2. The van der Waals surface area contributed by atoms with Crippen LogP contribution in [0.5, 0.6) is 0 Å². The Morgan fingerprint density at radius 1 is 1.20 bits per heavy atom. The molecule has 1 heterocycles. The van der Waals surface area contributed by atoms with Crippen molar-refractivity contribution in [3.8, 4) is 0 Å². The fourth-order valence-corrected chi connectivity index (χ4v) is 3.83. The van der Waals surface area contributed by atoms with E-state index in [2.05, 4.69) is 48.5 Å². The van der Waals surface area contributed by atoms with E-state index in [-0.39, 0.29) is 0 Å². The second kappa shape index (κ2) is 7.77. The Kier molecular flexibility index (Phi) is 6.02. The summed E-state index contributed by atoms with van der Waals surface area (Å²) in [5.41, 5.74) is 1.51. The Morgan fingerprint density at radius 2 is 2.00 bits per heavy atom. The van der Waals surface area contributed by atoms with Gasteiger partial charge in [0, 0.05) is 22.7 Å². The zero-order valence-corrected chi connectivity index (χ0v) is 13.7. The molecule has 0 amide bonds. The largest absolute Gasteiger partial charge is 0.315 e. The highest BCUT2D eigenvalue weighted by Gasteiger charge is 2.12. The lowest BCUT2D eigenvalue weighted by atomic mass is 10.1. The first kappa shape index (κ1) is 15.5. The maximum absolute atomic E-state index is 3.30. The third-order valence-electron chi connectivity index (χ3n) is 3.69. The molecule has 0 fully saturated rings. The summed E-state index contributed by atoms with van der Waals surface area (Å²) in [6.45, 7) is 5.48. The molecule has 0 aliphatic heterocycles. The molecule has 3 heteroatoms. The lowest BCUT2D eigenvalue weighted by Gasteiger charge is -2.17. The molecule has 0 unspecified atom stereocenters. The van der Waals surface area contributed by atoms with Crippen molar-refractivity contribution in [3.63, 3.8) is 0 Å². The molecule has 0 atom stereocenters. The molecule has 0 aliphatic carbocycles. The fourth-order valence-electron chi connectivity index (χ4n) is 2.61. The van der Waals surface area contributed by atoms with Crippen LogP contribution < -0.4 is 5.32 Å². The maximum Gasteiger partial charge on any atom is 0.0349 e. The van der Waals surface area contributed by atoms with Gasteiger partial charge in [-0.1, -0.05) is 38.0 Å². The number of thiophene rings is 1. The molecule has 0 aliphatic rings. The molecular weight excluding hydrogens is 264 g/mol. The van der Waals surface area contributed by atoms with E-state index >= 15 is 0 Å². The summed E-state index contributed by atoms with van der Waals surface area (Å²) in [5, 5.41) is 4.74. The van der Waals surface area contributed by atoms with E-state index in [9.17, 15) is 0 Å². The molecular formula is C17H26N2S. The summed E-state index contributed by atoms with van der Waals surface area (Å²) in [4.78, 5) is 3.94. The summed E-state index contributed by atoms with van der Waals surface area (Å²) in [5.74, 6) is 0. The van der Waals surface area contributed by atoms with E-state index in [1.165, 1.54) is 46.3 Å². The molecule has 0 radical (unpaired) electrons. The van der Waals surface area contributed by atoms with Crippen LogP contribution >= 0.6 is 11.3 Å². The molecule has 110 valence electrons. The van der Waals surface area contributed by atoms with E-state index in [1.807, 2.05) is 18.4 Å². The minimum Gasteiger partial charge on any atom is -0.315 e. The van der Waals surface area contributed by atoms with Gasteiger partial charge in [0.1, 0.15) is 0 Å². The monoisotopic (exact) mass is 290 g/mol. The predicted molar refractivity (Wildman–Crippen MR) is 90.4 cm³/mol. The molecule has 2 aromatic rings. The summed E-state index contributed by atoms with van der Waals surface area (Å²) in [6, 6.07) is 8.79. The molecule has 2 rings (SSSR count). The van der Waals surface area contributed by atoms with Gasteiger partial charge in [-0.15, -0.1) is 11.3 Å². The summed E-state index contributed by atoms with van der Waals surface area (Å²) < 4.78 is 1.41. The molecule has 0 spiro atoms. The van der Waals surface area contributed by atoms with Gasteiger partial charge in [-0.25, -0.2) is 0 Å². The quantitative estimate of drug-likeness (QED) is 0.731. The normalized spacial score (nSPS) is 11.6. The van der Waals surface area contributed by atoms with Crippen LogP contribution in [0.1, 0.15) is 36.6 Å². The second-order valence-electron chi connectivity index (χ2n) is 5.48. The van der Waals surface area contributed by atoms with Crippen LogP contribution in [-0.4, -0.2) is 25.5 Å². The number of nitrogens with one attached hydrogen (secondary N) is 1. The van der Waals surface area contributed by atoms with Crippen LogP contribution in [0.3, 0.4) is 0 Å². The minimum absolute atomic E-state index is 0.970. The van der Waals surface area contributed by atoms with Crippen LogP contribution in [0.2, 0.25) is 0 Å². The van der Waals surface area contributed by atoms with Crippen molar-refractivity contribution in [1.29, 1.82) is 0 Å². The van der Waals surface area contributed by atoms with Crippen LogP contribution in [-0.2, 0) is 13.1 Å². The topological polar surface area (TPSA) is 15.3 Å². The van der Waals surface area contributed by atoms with Gasteiger partial charge in [0.15, 0.2) is 0 Å². The molecule has 0 saturated heterocycles. The lowest BCUT2D eigenvalue weighted by Crippen LogP contribution is -2.20. The second-order valence-corrected chi connectivity index (χ2v) is 6.61. The van der Waals surface area contributed by atoms with Crippen molar-refractivity contribution >= 4 is 21.4 Å². The average Bonchev–Trinajstić information content (AvgIpc) is 2.78. The van der Waals surface area contributed by atoms with Gasteiger partial charge in [-0.05, 0) is 44.1 Å². The molecule has 0 saturated carbocycles. The zero-order valence-electron chi connectivity index (χ0n) is 12.9. The Bertz CT molecular complexity index is 533. The van der Waals surface area contributed by atoms with Crippen molar-refractivity contribution in [2.45, 2.75) is 39.3 Å². The van der Waals surface area contributed by atoms with Gasteiger partial charge >= 0.3 is 0 Å². The van der Waals surface area contributed by atoms with E-state index in [0.29, 0.717) is 0 Å². The van der Waals surface area contributed by atoms with Crippen molar-refractivity contribution in [3.05, 3.63) is 34.7 Å². The first-order valence-corrected chi connectivity index (χ1v) is 8.40. The van der Waals surface area contributed by atoms with Crippen LogP contribution in [0, 0.1) is 0 Å². The van der Waals surface area contributed by atoms with Crippen LogP contribution in [0.4, 0.5) is 0 Å². The third kappa shape index (κ3) is 3.81. The van der Waals surface area contributed by atoms with E-state index in [1.54, 1.807) is 0 Å². The molecule has 1 aromatic carbocycles. The molecule has 20 heavy (non-hydrogen) atoms. The SMILES string of the molecule is CCCCCN(C)Cc1c(CNC)sc2ccccc12. The number of hydrogen-bond acceptors (Lipinski definition) is 3. The van der Waals surface area contributed by atoms with E-state index in [4.69, 9.17) is 0 Å².